The van der Waals surface area contributed by atoms with Crippen molar-refractivity contribution in [3.8, 4) is 0 Å². The average molecular weight is 231 g/mol. The molecule has 0 amide bonds. The third kappa shape index (κ3) is 4.48. The number of nitrogens with one attached hydrogen (secondary N) is 1. The number of furan rings is 1. The van der Waals surface area contributed by atoms with Gasteiger partial charge in [-0.3, -0.25) is 0 Å². The molecule has 0 aliphatic rings. The minimum Gasteiger partial charge on any atom is -0.468 e. The molecule has 15 heavy (non-hydrogen) atoms. The Morgan fingerprint density at radius 2 is 2.27 bits per heavy atom. The van der Waals surface area contributed by atoms with Crippen LogP contribution in [0.2, 0.25) is 0 Å². The standard InChI is InChI=1S/C10H17NO3S/c1-3-11-9(6-8-15(2,12)13)10-5-4-7-14-10/h4-5,7,9,11H,3,6,8H2,1-2H3. The van der Waals surface area contributed by atoms with E-state index in [1.807, 2.05) is 13.0 Å². The summed E-state index contributed by atoms with van der Waals surface area (Å²) in [5, 5.41) is 3.20. The number of sulfone groups is 1. The van der Waals surface area contributed by atoms with Gasteiger partial charge in [-0.2, -0.15) is 0 Å². The third-order valence-electron chi connectivity index (χ3n) is 2.11. The lowest BCUT2D eigenvalue weighted by molar-refractivity contribution is 0.410. The van der Waals surface area contributed by atoms with Crippen LogP contribution in [-0.2, 0) is 9.84 Å². The molecule has 4 nitrogen and oxygen atoms in total. The quantitative estimate of drug-likeness (QED) is 0.803. The Bertz CT molecular complexity index is 369. The van der Waals surface area contributed by atoms with E-state index in [-0.39, 0.29) is 11.8 Å². The van der Waals surface area contributed by atoms with Gasteiger partial charge in [0.15, 0.2) is 0 Å². The predicted molar refractivity (Wildman–Crippen MR) is 59.5 cm³/mol. The van der Waals surface area contributed by atoms with Crippen LogP contribution in [0, 0.1) is 0 Å². The first-order chi connectivity index (χ1) is 7.03. The largest absolute Gasteiger partial charge is 0.468 e. The molecule has 1 heterocycles. The van der Waals surface area contributed by atoms with Gasteiger partial charge in [-0.25, -0.2) is 8.42 Å². The van der Waals surface area contributed by atoms with Gasteiger partial charge in [-0.1, -0.05) is 6.92 Å². The fourth-order valence-corrected chi connectivity index (χ4v) is 2.08. The Kier molecular flexibility index (Phi) is 4.35. The Labute approximate surface area is 90.6 Å². The van der Waals surface area contributed by atoms with Crippen LogP contribution >= 0.6 is 0 Å². The molecule has 1 unspecified atom stereocenters. The van der Waals surface area contributed by atoms with Crippen molar-refractivity contribution in [3.05, 3.63) is 24.2 Å². The topological polar surface area (TPSA) is 59.3 Å². The summed E-state index contributed by atoms with van der Waals surface area (Å²) in [7, 11) is -2.91. The van der Waals surface area contributed by atoms with Crippen molar-refractivity contribution in [3.63, 3.8) is 0 Å². The highest BCUT2D eigenvalue weighted by Gasteiger charge is 2.15. The molecule has 0 fully saturated rings. The highest BCUT2D eigenvalue weighted by Crippen LogP contribution is 2.17. The lowest BCUT2D eigenvalue weighted by atomic mass is 10.2. The zero-order chi connectivity index (χ0) is 11.3. The van der Waals surface area contributed by atoms with Gasteiger partial charge < -0.3 is 9.73 Å². The summed E-state index contributed by atoms with van der Waals surface area (Å²) in [6.45, 7) is 2.77. The van der Waals surface area contributed by atoms with Crippen LogP contribution in [0.5, 0.6) is 0 Å². The van der Waals surface area contributed by atoms with Crippen molar-refractivity contribution in [1.29, 1.82) is 0 Å². The van der Waals surface area contributed by atoms with Crippen LogP contribution in [0.3, 0.4) is 0 Å². The number of hydrogen-bond acceptors (Lipinski definition) is 4. The lowest BCUT2D eigenvalue weighted by Gasteiger charge is -2.14. The smallest absolute Gasteiger partial charge is 0.147 e. The van der Waals surface area contributed by atoms with E-state index in [9.17, 15) is 8.42 Å². The molecule has 0 aliphatic carbocycles. The lowest BCUT2D eigenvalue weighted by Crippen LogP contribution is -2.23. The zero-order valence-electron chi connectivity index (χ0n) is 9.06. The molecule has 5 heteroatoms. The maximum atomic E-state index is 11.1. The molecule has 0 saturated carbocycles. The van der Waals surface area contributed by atoms with E-state index in [2.05, 4.69) is 5.32 Å². The minimum atomic E-state index is -2.91. The van der Waals surface area contributed by atoms with E-state index < -0.39 is 9.84 Å². The molecule has 86 valence electrons. The Morgan fingerprint density at radius 1 is 1.53 bits per heavy atom. The molecule has 0 saturated heterocycles. The molecule has 1 N–H and O–H groups in total. The molecule has 0 aliphatic heterocycles. The Morgan fingerprint density at radius 3 is 2.73 bits per heavy atom. The Balaban J connectivity index is 2.60. The van der Waals surface area contributed by atoms with E-state index in [0.29, 0.717) is 6.42 Å². The van der Waals surface area contributed by atoms with Gasteiger partial charge in [-0.05, 0) is 25.1 Å². The molecule has 1 aromatic rings. The Hall–Kier alpha value is -0.810. The summed E-state index contributed by atoms with van der Waals surface area (Å²) in [4.78, 5) is 0. The van der Waals surface area contributed by atoms with E-state index in [1.54, 1.807) is 12.3 Å². The second-order valence-electron chi connectivity index (χ2n) is 3.54. The van der Waals surface area contributed by atoms with Gasteiger partial charge in [0.1, 0.15) is 15.6 Å². The summed E-state index contributed by atoms with van der Waals surface area (Å²) < 4.78 is 27.4. The van der Waals surface area contributed by atoms with Gasteiger partial charge in [0.05, 0.1) is 18.1 Å². The maximum Gasteiger partial charge on any atom is 0.147 e. The first kappa shape index (κ1) is 12.3. The van der Waals surface area contributed by atoms with Crippen LogP contribution in [0.15, 0.2) is 22.8 Å². The van der Waals surface area contributed by atoms with Gasteiger partial charge in [-0.15, -0.1) is 0 Å². The van der Waals surface area contributed by atoms with Crippen molar-refractivity contribution in [2.75, 3.05) is 18.6 Å². The average Bonchev–Trinajstić information content (AvgIpc) is 2.63. The van der Waals surface area contributed by atoms with Crippen molar-refractivity contribution >= 4 is 9.84 Å². The van der Waals surface area contributed by atoms with Crippen molar-refractivity contribution < 1.29 is 12.8 Å². The summed E-state index contributed by atoms with van der Waals surface area (Å²) in [5.74, 6) is 0.964. The molecular weight excluding hydrogens is 214 g/mol. The highest BCUT2D eigenvalue weighted by molar-refractivity contribution is 7.90. The van der Waals surface area contributed by atoms with Crippen molar-refractivity contribution in [2.24, 2.45) is 0 Å². The van der Waals surface area contributed by atoms with E-state index >= 15 is 0 Å². The number of rotatable bonds is 6. The SMILES string of the molecule is CCNC(CCS(C)(=O)=O)c1ccco1. The van der Waals surface area contributed by atoms with Gasteiger partial charge >= 0.3 is 0 Å². The third-order valence-corrected chi connectivity index (χ3v) is 3.09. The van der Waals surface area contributed by atoms with Gasteiger partial charge in [0, 0.05) is 6.26 Å². The van der Waals surface area contributed by atoms with Crippen LogP contribution in [0.25, 0.3) is 0 Å². The molecule has 0 aromatic carbocycles. The highest BCUT2D eigenvalue weighted by atomic mass is 32.2. The summed E-state index contributed by atoms with van der Waals surface area (Å²) in [6, 6.07) is 3.65. The maximum absolute atomic E-state index is 11.1. The molecule has 0 bridgehead atoms. The molecule has 0 radical (unpaired) electrons. The summed E-state index contributed by atoms with van der Waals surface area (Å²) >= 11 is 0. The summed E-state index contributed by atoms with van der Waals surface area (Å²) in [6.07, 6.45) is 3.39. The fourth-order valence-electron chi connectivity index (χ4n) is 1.41. The molecule has 0 spiro atoms. The van der Waals surface area contributed by atoms with E-state index in [1.165, 1.54) is 6.26 Å². The van der Waals surface area contributed by atoms with Crippen LogP contribution < -0.4 is 5.32 Å². The normalized spacial score (nSPS) is 14.0. The molecule has 1 rings (SSSR count). The summed E-state index contributed by atoms with van der Waals surface area (Å²) in [5.41, 5.74) is 0. The van der Waals surface area contributed by atoms with Gasteiger partial charge in [0.25, 0.3) is 0 Å². The molecule has 1 aromatic heterocycles. The predicted octanol–water partition coefficient (Wildman–Crippen LogP) is 1.36. The van der Waals surface area contributed by atoms with Crippen LogP contribution in [0.1, 0.15) is 25.1 Å². The second-order valence-corrected chi connectivity index (χ2v) is 5.80. The molecular formula is C10H17NO3S. The first-order valence-electron chi connectivity index (χ1n) is 4.97. The van der Waals surface area contributed by atoms with Crippen molar-refractivity contribution in [2.45, 2.75) is 19.4 Å². The zero-order valence-corrected chi connectivity index (χ0v) is 9.88. The number of hydrogen-bond donors (Lipinski definition) is 1. The first-order valence-corrected chi connectivity index (χ1v) is 7.03. The van der Waals surface area contributed by atoms with Crippen LogP contribution in [0.4, 0.5) is 0 Å². The van der Waals surface area contributed by atoms with E-state index in [0.717, 1.165) is 12.3 Å². The van der Waals surface area contributed by atoms with Crippen LogP contribution in [-0.4, -0.2) is 27.0 Å². The van der Waals surface area contributed by atoms with Crippen molar-refractivity contribution in [1.82, 2.24) is 5.32 Å². The van der Waals surface area contributed by atoms with Gasteiger partial charge in [0.2, 0.25) is 0 Å². The fraction of sp³-hybridized carbons (Fsp3) is 0.600. The monoisotopic (exact) mass is 231 g/mol. The second kappa shape index (κ2) is 5.32. The van der Waals surface area contributed by atoms with E-state index in [4.69, 9.17) is 4.42 Å². The minimum absolute atomic E-state index is 0.0141. The molecule has 1 atom stereocenters.